The standard InChI is InChI=1S/C12H20O2/c1-10(2)6-5-7-11(3)8-9-12(13)14-4/h6,8H,5,7,9H2,1-4H3. The van der Waals surface area contributed by atoms with Crippen molar-refractivity contribution in [3.63, 3.8) is 0 Å². The van der Waals surface area contributed by atoms with Crippen molar-refractivity contribution in [2.45, 2.75) is 40.0 Å². The Bertz CT molecular complexity index is 233. The summed E-state index contributed by atoms with van der Waals surface area (Å²) in [5.74, 6) is -0.174. The normalized spacial score (nSPS) is 11.0. The molecular formula is C12H20O2. The molecule has 0 radical (unpaired) electrons. The summed E-state index contributed by atoms with van der Waals surface area (Å²) in [6, 6.07) is 0. The molecule has 0 bridgehead atoms. The zero-order valence-electron chi connectivity index (χ0n) is 9.59. The number of methoxy groups -OCH3 is 1. The highest BCUT2D eigenvalue weighted by Gasteiger charge is 1.96. The minimum absolute atomic E-state index is 0.174. The smallest absolute Gasteiger partial charge is 0.309 e. The van der Waals surface area contributed by atoms with E-state index in [1.54, 1.807) is 0 Å². The van der Waals surface area contributed by atoms with Gasteiger partial charge in [-0.05, 0) is 33.6 Å². The maximum Gasteiger partial charge on any atom is 0.309 e. The van der Waals surface area contributed by atoms with Gasteiger partial charge in [-0.2, -0.15) is 0 Å². The van der Waals surface area contributed by atoms with E-state index in [1.807, 2.05) is 13.0 Å². The summed E-state index contributed by atoms with van der Waals surface area (Å²) >= 11 is 0. The van der Waals surface area contributed by atoms with Gasteiger partial charge in [0.1, 0.15) is 0 Å². The van der Waals surface area contributed by atoms with Crippen LogP contribution in [-0.4, -0.2) is 13.1 Å². The summed E-state index contributed by atoms with van der Waals surface area (Å²) in [4.78, 5) is 10.8. The van der Waals surface area contributed by atoms with Crippen molar-refractivity contribution in [3.8, 4) is 0 Å². The summed E-state index contributed by atoms with van der Waals surface area (Å²) in [5.41, 5.74) is 2.58. The van der Waals surface area contributed by atoms with Crippen LogP contribution in [-0.2, 0) is 9.53 Å². The fourth-order valence-corrected chi connectivity index (χ4v) is 1.03. The first kappa shape index (κ1) is 12.9. The van der Waals surface area contributed by atoms with Gasteiger partial charge >= 0.3 is 5.97 Å². The van der Waals surface area contributed by atoms with Gasteiger partial charge in [-0.3, -0.25) is 4.79 Å². The zero-order chi connectivity index (χ0) is 11.0. The van der Waals surface area contributed by atoms with E-state index in [0.717, 1.165) is 12.8 Å². The second kappa shape index (κ2) is 7.36. The van der Waals surface area contributed by atoms with Crippen molar-refractivity contribution in [1.82, 2.24) is 0 Å². The van der Waals surface area contributed by atoms with Crippen LogP contribution in [0.3, 0.4) is 0 Å². The summed E-state index contributed by atoms with van der Waals surface area (Å²) in [7, 11) is 1.41. The van der Waals surface area contributed by atoms with Gasteiger partial charge in [0.2, 0.25) is 0 Å². The van der Waals surface area contributed by atoms with Crippen LogP contribution in [0.25, 0.3) is 0 Å². The Morgan fingerprint density at radius 1 is 1.21 bits per heavy atom. The van der Waals surface area contributed by atoms with Gasteiger partial charge in [0.15, 0.2) is 0 Å². The van der Waals surface area contributed by atoms with Gasteiger partial charge < -0.3 is 4.74 Å². The molecule has 2 heteroatoms. The summed E-state index contributed by atoms with van der Waals surface area (Å²) < 4.78 is 4.55. The zero-order valence-corrected chi connectivity index (χ0v) is 9.59. The third-order valence-corrected chi connectivity index (χ3v) is 1.94. The van der Waals surface area contributed by atoms with Gasteiger partial charge in [-0.1, -0.05) is 23.3 Å². The topological polar surface area (TPSA) is 26.3 Å². The molecule has 0 aromatic heterocycles. The van der Waals surface area contributed by atoms with E-state index < -0.39 is 0 Å². The van der Waals surface area contributed by atoms with Gasteiger partial charge in [-0.25, -0.2) is 0 Å². The van der Waals surface area contributed by atoms with Crippen LogP contribution >= 0.6 is 0 Å². The predicted octanol–water partition coefficient (Wildman–Crippen LogP) is 3.24. The molecule has 0 saturated heterocycles. The van der Waals surface area contributed by atoms with E-state index in [-0.39, 0.29) is 5.97 Å². The minimum Gasteiger partial charge on any atom is -0.469 e. The van der Waals surface area contributed by atoms with Crippen LogP contribution in [0.2, 0.25) is 0 Å². The van der Waals surface area contributed by atoms with Gasteiger partial charge in [0, 0.05) is 0 Å². The monoisotopic (exact) mass is 196 g/mol. The quantitative estimate of drug-likeness (QED) is 0.498. The first-order valence-electron chi connectivity index (χ1n) is 4.92. The Kier molecular flexibility index (Phi) is 6.81. The number of carbonyl (C=O) groups excluding carboxylic acids is 1. The lowest BCUT2D eigenvalue weighted by Crippen LogP contribution is -1.97. The maximum absolute atomic E-state index is 10.8. The number of hydrogen-bond acceptors (Lipinski definition) is 2. The molecular weight excluding hydrogens is 176 g/mol. The van der Waals surface area contributed by atoms with Crippen molar-refractivity contribution < 1.29 is 9.53 Å². The summed E-state index contributed by atoms with van der Waals surface area (Å²) in [5, 5.41) is 0. The lowest BCUT2D eigenvalue weighted by Gasteiger charge is -1.98. The van der Waals surface area contributed by atoms with Crippen LogP contribution in [0.1, 0.15) is 40.0 Å². The maximum atomic E-state index is 10.8. The Morgan fingerprint density at radius 2 is 1.86 bits per heavy atom. The molecule has 2 nitrogen and oxygen atoms in total. The lowest BCUT2D eigenvalue weighted by molar-refractivity contribution is -0.139. The van der Waals surface area contributed by atoms with Crippen molar-refractivity contribution in [3.05, 3.63) is 23.3 Å². The van der Waals surface area contributed by atoms with Crippen LogP contribution in [0.15, 0.2) is 23.3 Å². The molecule has 0 saturated carbocycles. The minimum atomic E-state index is -0.174. The van der Waals surface area contributed by atoms with Crippen molar-refractivity contribution >= 4 is 5.97 Å². The van der Waals surface area contributed by atoms with Gasteiger partial charge in [0.25, 0.3) is 0 Å². The first-order valence-corrected chi connectivity index (χ1v) is 4.92. The number of esters is 1. The molecule has 0 aliphatic heterocycles. The summed E-state index contributed by atoms with van der Waals surface area (Å²) in [6.45, 7) is 6.22. The van der Waals surface area contributed by atoms with Crippen LogP contribution in [0, 0.1) is 0 Å². The third-order valence-electron chi connectivity index (χ3n) is 1.94. The Hall–Kier alpha value is -1.05. The first-order chi connectivity index (χ1) is 6.56. The number of rotatable bonds is 5. The molecule has 0 atom stereocenters. The fourth-order valence-electron chi connectivity index (χ4n) is 1.03. The van der Waals surface area contributed by atoms with Crippen molar-refractivity contribution in [2.24, 2.45) is 0 Å². The van der Waals surface area contributed by atoms with E-state index in [1.165, 1.54) is 18.3 Å². The number of hydrogen-bond donors (Lipinski definition) is 0. The largest absolute Gasteiger partial charge is 0.469 e. The van der Waals surface area contributed by atoms with Crippen LogP contribution in [0.4, 0.5) is 0 Å². The molecule has 0 spiro atoms. The second-order valence-electron chi connectivity index (χ2n) is 3.65. The lowest BCUT2D eigenvalue weighted by atomic mass is 10.1. The van der Waals surface area contributed by atoms with E-state index in [2.05, 4.69) is 24.7 Å². The van der Waals surface area contributed by atoms with Crippen molar-refractivity contribution in [2.75, 3.05) is 7.11 Å². The molecule has 0 rings (SSSR count). The highest BCUT2D eigenvalue weighted by Crippen LogP contribution is 2.07. The molecule has 14 heavy (non-hydrogen) atoms. The highest BCUT2D eigenvalue weighted by atomic mass is 16.5. The van der Waals surface area contributed by atoms with E-state index >= 15 is 0 Å². The number of allylic oxidation sites excluding steroid dienone is 3. The molecule has 0 amide bonds. The summed E-state index contributed by atoms with van der Waals surface area (Å²) in [6.07, 6.45) is 6.59. The predicted molar refractivity (Wildman–Crippen MR) is 59.1 cm³/mol. The van der Waals surface area contributed by atoms with Gasteiger partial charge in [-0.15, -0.1) is 0 Å². The number of carbonyl (C=O) groups is 1. The Balaban J connectivity index is 3.78. The SMILES string of the molecule is COC(=O)CC=C(C)CCC=C(C)C. The molecule has 0 fully saturated rings. The molecule has 0 N–H and O–H groups in total. The third kappa shape index (κ3) is 7.59. The Labute approximate surface area is 86.6 Å². The average Bonchev–Trinajstić information content (AvgIpc) is 2.13. The van der Waals surface area contributed by atoms with Gasteiger partial charge in [0.05, 0.1) is 13.5 Å². The van der Waals surface area contributed by atoms with Crippen LogP contribution in [0.5, 0.6) is 0 Å². The van der Waals surface area contributed by atoms with E-state index in [0.29, 0.717) is 6.42 Å². The fraction of sp³-hybridized carbons (Fsp3) is 0.583. The molecule has 0 aliphatic carbocycles. The van der Waals surface area contributed by atoms with E-state index in [4.69, 9.17) is 0 Å². The molecule has 0 aliphatic rings. The molecule has 0 aromatic carbocycles. The molecule has 0 unspecified atom stereocenters. The molecule has 0 heterocycles. The highest BCUT2D eigenvalue weighted by molar-refractivity contribution is 5.71. The second-order valence-corrected chi connectivity index (χ2v) is 3.65. The van der Waals surface area contributed by atoms with E-state index in [9.17, 15) is 4.79 Å². The average molecular weight is 196 g/mol. The van der Waals surface area contributed by atoms with Crippen LogP contribution < -0.4 is 0 Å². The number of ether oxygens (including phenoxy) is 1. The Morgan fingerprint density at radius 3 is 2.36 bits per heavy atom. The molecule has 0 aromatic rings. The molecule has 80 valence electrons. The van der Waals surface area contributed by atoms with Crippen molar-refractivity contribution in [1.29, 1.82) is 0 Å².